The number of ether oxygens (including phenoxy) is 1. The monoisotopic (exact) mass is 292 g/mol. The smallest absolute Gasteiger partial charge is 0.313 e. The average Bonchev–Trinajstić information content (AvgIpc) is 2.83. The van der Waals surface area contributed by atoms with Crippen molar-refractivity contribution in [2.45, 2.75) is 18.9 Å². The van der Waals surface area contributed by atoms with Gasteiger partial charge in [-0.25, -0.2) is 0 Å². The van der Waals surface area contributed by atoms with Crippen LogP contribution in [0.5, 0.6) is 0 Å². The highest BCUT2D eigenvalue weighted by molar-refractivity contribution is 5.85. The fraction of sp³-hybridized carbons (Fsp3) is 0.467. The molecule has 1 heterocycles. The first kappa shape index (κ1) is 15.5. The van der Waals surface area contributed by atoms with Gasteiger partial charge in [0.15, 0.2) is 0 Å². The van der Waals surface area contributed by atoms with Crippen LogP contribution in [-0.4, -0.2) is 42.8 Å². The van der Waals surface area contributed by atoms with Crippen LogP contribution in [-0.2, 0) is 14.3 Å². The first-order chi connectivity index (χ1) is 9.99. The van der Waals surface area contributed by atoms with Crippen LogP contribution >= 0.6 is 0 Å². The van der Waals surface area contributed by atoms with E-state index in [0.29, 0.717) is 0 Å². The second kappa shape index (κ2) is 6.24. The molecule has 6 nitrogen and oxygen atoms in total. The lowest BCUT2D eigenvalue weighted by Gasteiger charge is -2.27. The SMILES string of the molecule is CC1(C(=O)O)COCC1NC(=O)C(CN)c1ccccc1. The van der Waals surface area contributed by atoms with E-state index >= 15 is 0 Å². The van der Waals surface area contributed by atoms with E-state index in [1.54, 1.807) is 6.92 Å². The van der Waals surface area contributed by atoms with Crippen LogP contribution in [0.25, 0.3) is 0 Å². The summed E-state index contributed by atoms with van der Waals surface area (Å²) in [7, 11) is 0. The van der Waals surface area contributed by atoms with Gasteiger partial charge in [-0.2, -0.15) is 0 Å². The Bertz CT molecular complexity index is 520. The molecule has 0 saturated carbocycles. The molecule has 2 rings (SSSR count). The third-order valence-corrected chi connectivity index (χ3v) is 4.01. The van der Waals surface area contributed by atoms with Crippen LogP contribution in [0.2, 0.25) is 0 Å². The van der Waals surface area contributed by atoms with Gasteiger partial charge in [0, 0.05) is 6.54 Å². The number of carboxylic acids is 1. The Labute approximate surface area is 123 Å². The summed E-state index contributed by atoms with van der Waals surface area (Å²) in [6.07, 6.45) is 0. The number of carboxylic acid groups (broad SMARTS) is 1. The number of amides is 1. The summed E-state index contributed by atoms with van der Waals surface area (Å²) in [4.78, 5) is 23.8. The predicted molar refractivity (Wildman–Crippen MR) is 76.7 cm³/mol. The van der Waals surface area contributed by atoms with E-state index in [9.17, 15) is 14.7 Å². The lowest BCUT2D eigenvalue weighted by Crippen LogP contribution is -2.51. The van der Waals surface area contributed by atoms with Crippen LogP contribution in [0.3, 0.4) is 0 Å². The van der Waals surface area contributed by atoms with Gasteiger partial charge in [0.1, 0.15) is 5.41 Å². The molecule has 6 heteroatoms. The number of hydrogen-bond acceptors (Lipinski definition) is 4. The number of nitrogens with two attached hydrogens (primary N) is 1. The zero-order valence-corrected chi connectivity index (χ0v) is 11.9. The maximum Gasteiger partial charge on any atom is 0.313 e. The normalized spacial score (nSPS) is 26.3. The third-order valence-electron chi connectivity index (χ3n) is 4.01. The molecule has 21 heavy (non-hydrogen) atoms. The second-order valence-corrected chi connectivity index (χ2v) is 5.50. The highest BCUT2D eigenvalue weighted by Gasteiger charge is 2.47. The van der Waals surface area contributed by atoms with E-state index in [2.05, 4.69) is 5.32 Å². The minimum Gasteiger partial charge on any atom is -0.481 e. The molecular weight excluding hydrogens is 272 g/mol. The molecule has 1 amide bonds. The molecule has 1 aromatic rings. The summed E-state index contributed by atoms with van der Waals surface area (Å²) in [5.74, 6) is -1.74. The van der Waals surface area contributed by atoms with Crippen molar-refractivity contribution in [2.24, 2.45) is 11.1 Å². The first-order valence-corrected chi connectivity index (χ1v) is 6.85. The van der Waals surface area contributed by atoms with Crippen LogP contribution in [0.15, 0.2) is 30.3 Å². The van der Waals surface area contributed by atoms with E-state index in [1.165, 1.54) is 0 Å². The van der Waals surface area contributed by atoms with E-state index < -0.39 is 23.3 Å². The molecule has 1 saturated heterocycles. The van der Waals surface area contributed by atoms with E-state index in [1.807, 2.05) is 30.3 Å². The Morgan fingerprint density at radius 3 is 2.71 bits per heavy atom. The molecule has 0 bridgehead atoms. The number of rotatable bonds is 5. The molecule has 1 aromatic carbocycles. The average molecular weight is 292 g/mol. The van der Waals surface area contributed by atoms with Gasteiger partial charge in [0.25, 0.3) is 0 Å². The molecule has 1 aliphatic rings. The molecule has 3 unspecified atom stereocenters. The van der Waals surface area contributed by atoms with Gasteiger partial charge in [-0.05, 0) is 12.5 Å². The number of hydrogen-bond donors (Lipinski definition) is 3. The van der Waals surface area contributed by atoms with Crippen molar-refractivity contribution in [1.82, 2.24) is 5.32 Å². The van der Waals surface area contributed by atoms with Crippen molar-refractivity contribution in [1.29, 1.82) is 0 Å². The summed E-state index contributed by atoms with van der Waals surface area (Å²) >= 11 is 0. The molecule has 1 fully saturated rings. The molecule has 3 atom stereocenters. The van der Waals surface area contributed by atoms with Crippen molar-refractivity contribution in [3.8, 4) is 0 Å². The Kier molecular flexibility index (Phi) is 4.59. The second-order valence-electron chi connectivity index (χ2n) is 5.50. The highest BCUT2D eigenvalue weighted by Crippen LogP contribution is 2.29. The van der Waals surface area contributed by atoms with Crippen molar-refractivity contribution in [2.75, 3.05) is 19.8 Å². The maximum atomic E-state index is 12.4. The molecule has 0 radical (unpaired) electrons. The zero-order chi connectivity index (χ0) is 15.5. The molecule has 1 aliphatic heterocycles. The van der Waals surface area contributed by atoms with Gasteiger partial charge in [-0.15, -0.1) is 0 Å². The number of carbonyl (C=O) groups is 2. The van der Waals surface area contributed by atoms with Crippen LogP contribution in [0.1, 0.15) is 18.4 Å². The van der Waals surface area contributed by atoms with Crippen molar-refractivity contribution in [3.63, 3.8) is 0 Å². The van der Waals surface area contributed by atoms with Gasteiger partial charge in [-0.3, -0.25) is 9.59 Å². The van der Waals surface area contributed by atoms with Gasteiger partial charge in [0.05, 0.1) is 25.2 Å². The summed E-state index contributed by atoms with van der Waals surface area (Å²) in [5, 5.41) is 12.1. The van der Waals surface area contributed by atoms with Crippen LogP contribution < -0.4 is 11.1 Å². The molecule has 0 aromatic heterocycles. The van der Waals surface area contributed by atoms with Gasteiger partial charge in [0.2, 0.25) is 5.91 Å². The summed E-state index contributed by atoms with van der Waals surface area (Å²) in [6, 6.07) is 8.65. The standard InChI is InChI=1S/C15H20N2O4/c1-15(14(19)20)9-21-8-12(15)17-13(18)11(7-16)10-5-3-2-4-6-10/h2-6,11-12H,7-9,16H2,1H3,(H,17,18)(H,19,20). The molecule has 114 valence electrons. The quantitative estimate of drug-likeness (QED) is 0.726. The summed E-state index contributed by atoms with van der Waals surface area (Å²) in [5.41, 5.74) is 5.41. The van der Waals surface area contributed by atoms with E-state index in [4.69, 9.17) is 10.5 Å². The topological polar surface area (TPSA) is 102 Å². The van der Waals surface area contributed by atoms with Gasteiger partial charge in [-0.1, -0.05) is 30.3 Å². The van der Waals surface area contributed by atoms with E-state index in [-0.39, 0.29) is 25.7 Å². The first-order valence-electron chi connectivity index (χ1n) is 6.85. The minimum absolute atomic E-state index is 0.0892. The third kappa shape index (κ3) is 3.06. The summed E-state index contributed by atoms with van der Waals surface area (Å²) in [6.45, 7) is 2.02. The zero-order valence-electron chi connectivity index (χ0n) is 11.9. The van der Waals surface area contributed by atoms with E-state index in [0.717, 1.165) is 5.56 Å². The van der Waals surface area contributed by atoms with Crippen molar-refractivity contribution < 1.29 is 19.4 Å². The molecular formula is C15H20N2O4. The lowest BCUT2D eigenvalue weighted by atomic mass is 9.85. The number of aliphatic carboxylic acids is 1. The summed E-state index contributed by atoms with van der Waals surface area (Å²) < 4.78 is 5.23. The van der Waals surface area contributed by atoms with Crippen molar-refractivity contribution in [3.05, 3.63) is 35.9 Å². The number of nitrogens with one attached hydrogen (secondary N) is 1. The fourth-order valence-corrected chi connectivity index (χ4v) is 2.44. The number of carbonyl (C=O) groups excluding carboxylic acids is 1. The highest BCUT2D eigenvalue weighted by atomic mass is 16.5. The Morgan fingerprint density at radius 2 is 2.14 bits per heavy atom. The minimum atomic E-state index is -1.11. The molecule has 0 spiro atoms. The lowest BCUT2D eigenvalue weighted by molar-refractivity contribution is -0.149. The maximum absolute atomic E-state index is 12.4. The number of benzene rings is 1. The molecule has 0 aliphatic carbocycles. The Balaban J connectivity index is 2.11. The Morgan fingerprint density at radius 1 is 1.48 bits per heavy atom. The Hall–Kier alpha value is -1.92. The van der Waals surface area contributed by atoms with Crippen molar-refractivity contribution >= 4 is 11.9 Å². The van der Waals surface area contributed by atoms with Crippen LogP contribution in [0, 0.1) is 5.41 Å². The van der Waals surface area contributed by atoms with Crippen LogP contribution in [0.4, 0.5) is 0 Å². The van der Waals surface area contributed by atoms with Gasteiger partial charge >= 0.3 is 5.97 Å². The fourth-order valence-electron chi connectivity index (χ4n) is 2.44. The largest absolute Gasteiger partial charge is 0.481 e. The predicted octanol–water partition coefficient (Wildman–Crippen LogP) is 0.335. The van der Waals surface area contributed by atoms with Gasteiger partial charge < -0.3 is 20.9 Å². The molecule has 4 N–H and O–H groups in total.